The molecule has 0 heterocycles. The molecule has 0 saturated heterocycles. The Morgan fingerprint density at radius 3 is 2.94 bits per heavy atom. The van der Waals surface area contributed by atoms with Gasteiger partial charge in [-0.1, -0.05) is 24.6 Å². The zero-order valence-corrected chi connectivity index (χ0v) is 10.9. The first-order chi connectivity index (χ1) is 8.19. The number of nitrogens with one attached hydrogen (secondary N) is 1. The summed E-state index contributed by atoms with van der Waals surface area (Å²) in [6.45, 7) is 3.15. The second-order valence-electron chi connectivity index (χ2n) is 4.87. The molecule has 17 heavy (non-hydrogen) atoms. The molecule has 1 aliphatic carbocycles. The highest BCUT2D eigenvalue weighted by Gasteiger charge is 2.24. The van der Waals surface area contributed by atoms with Crippen LogP contribution in [0.3, 0.4) is 0 Å². The van der Waals surface area contributed by atoms with Gasteiger partial charge in [0.2, 0.25) is 0 Å². The molecule has 0 aliphatic heterocycles. The predicted octanol–water partition coefficient (Wildman–Crippen LogP) is 3.80. The molecule has 0 bridgehead atoms. The minimum Gasteiger partial charge on any atom is -0.314 e. The van der Waals surface area contributed by atoms with E-state index in [9.17, 15) is 4.39 Å². The second kappa shape index (κ2) is 5.83. The van der Waals surface area contributed by atoms with Crippen LogP contribution in [0, 0.1) is 11.7 Å². The molecular formula is C14H19ClFN. The molecule has 2 atom stereocenters. The quantitative estimate of drug-likeness (QED) is 0.863. The fraction of sp³-hybridized carbons (Fsp3) is 0.571. The summed E-state index contributed by atoms with van der Waals surface area (Å²) in [7, 11) is 0. The number of hydrogen-bond acceptors (Lipinski definition) is 1. The van der Waals surface area contributed by atoms with Crippen molar-refractivity contribution in [1.82, 2.24) is 5.32 Å². The van der Waals surface area contributed by atoms with E-state index in [2.05, 4.69) is 12.2 Å². The Kier molecular flexibility index (Phi) is 4.41. The van der Waals surface area contributed by atoms with E-state index < -0.39 is 0 Å². The van der Waals surface area contributed by atoms with Crippen molar-refractivity contribution < 1.29 is 4.39 Å². The fourth-order valence-corrected chi connectivity index (χ4v) is 2.89. The minimum absolute atomic E-state index is 0.163. The highest BCUT2D eigenvalue weighted by Crippen LogP contribution is 2.29. The van der Waals surface area contributed by atoms with Gasteiger partial charge < -0.3 is 5.32 Å². The molecule has 3 heteroatoms. The van der Waals surface area contributed by atoms with Crippen LogP contribution in [0.5, 0.6) is 0 Å². The second-order valence-corrected chi connectivity index (χ2v) is 5.31. The van der Waals surface area contributed by atoms with E-state index in [1.807, 2.05) is 6.07 Å². The summed E-state index contributed by atoms with van der Waals surface area (Å²) < 4.78 is 13.6. The number of benzene rings is 1. The van der Waals surface area contributed by atoms with Crippen molar-refractivity contribution in [3.8, 4) is 0 Å². The molecule has 0 aromatic heterocycles. The van der Waals surface area contributed by atoms with Gasteiger partial charge in [-0.2, -0.15) is 0 Å². The lowest BCUT2D eigenvalue weighted by molar-refractivity contribution is 0.484. The van der Waals surface area contributed by atoms with Crippen molar-refractivity contribution in [3.05, 3.63) is 34.6 Å². The molecule has 0 spiro atoms. The lowest BCUT2D eigenvalue weighted by Gasteiger charge is -2.12. The van der Waals surface area contributed by atoms with Crippen molar-refractivity contribution in [2.45, 2.75) is 38.6 Å². The summed E-state index contributed by atoms with van der Waals surface area (Å²) >= 11 is 5.75. The largest absolute Gasteiger partial charge is 0.314 e. The Bertz CT molecular complexity index is 380. The number of halogens is 2. The van der Waals surface area contributed by atoms with Gasteiger partial charge in [-0.25, -0.2) is 4.39 Å². The van der Waals surface area contributed by atoms with Gasteiger partial charge in [-0.15, -0.1) is 0 Å². The summed E-state index contributed by atoms with van der Waals surface area (Å²) in [5.74, 6) is 0.444. The van der Waals surface area contributed by atoms with Gasteiger partial charge in [-0.05, 0) is 55.8 Å². The molecule has 0 radical (unpaired) electrons. The van der Waals surface area contributed by atoms with Crippen LogP contribution in [0.15, 0.2) is 18.2 Å². The van der Waals surface area contributed by atoms with E-state index in [1.54, 1.807) is 6.07 Å². The lowest BCUT2D eigenvalue weighted by atomic mass is 9.97. The Balaban J connectivity index is 1.93. The van der Waals surface area contributed by atoms with Crippen LogP contribution >= 0.6 is 11.6 Å². The number of rotatable bonds is 4. The molecule has 1 fully saturated rings. The van der Waals surface area contributed by atoms with Gasteiger partial charge in [-0.3, -0.25) is 0 Å². The molecule has 1 aliphatic rings. The van der Waals surface area contributed by atoms with E-state index in [-0.39, 0.29) is 5.82 Å². The maximum absolute atomic E-state index is 13.6. The first-order valence-electron chi connectivity index (χ1n) is 6.36. The third-order valence-corrected chi connectivity index (χ3v) is 3.79. The minimum atomic E-state index is -0.163. The van der Waals surface area contributed by atoms with Gasteiger partial charge in [0.1, 0.15) is 5.82 Å². The highest BCUT2D eigenvalue weighted by molar-refractivity contribution is 6.30. The van der Waals surface area contributed by atoms with Crippen LogP contribution in [0.2, 0.25) is 5.02 Å². The molecule has 2 unspecified atom stereocenters. The first kappa shape index (κ1) is 12.8. The number of hydrogen-bond donors (Lipinski definition) is 1. The molecule has 1 aromatic rings. The fourth-order valence-electron chi connectivity index (χ4n) is 2.73. The molecule has 0 amide bonds. The van der Waals surface area contributed by atoms with Gasteiger partial charge in [0.05, 0.1) is 0 Å². The SMILES string of the molecule is CCNC1CCC(Cc2ccc(Cl)cc2F)C1. The van der Waals surface area contributed by atoms with Crippen molar-refractivity contribution in [2.24, 2.45) is 5.92 Å². The van der Waals surface area contributed by atoms with Crippen molar-refractivity contribution in [3.63, 3.8) is 0 Å². The van der Waals surface area contributed by atoms with Gasteiger partial charge in [0.25, 0.3) is 0 Å². The van der Waals surface area contributed by atoms with E-state index in [1.165, 1.54) is 18.9 Å². The van der Waals surface area contributed by atoms with Crippen LogP contribution in [-0.2, 0) is 6.42 Å². The average molecular weight is 256 g/mol. The predicted molar refractivity (Wildman–Crippen MR) is 69.9 cm³/mol. The molecule has 1 nitrogen and oxygen atoms in total. The Morgan fingerprint density at radius 1 is 1.41 bits per heavy atom. The van der Waals surface area contributed by atoms with Gasteiger partial charge in [0, 0.05) is 11.1 Å². The third kappa shape index (κ3) is 3.43. The molecular weight excluding hydrogens is 237 g/mol. The highest BCUT2D eigenvalue weighted by atomic mass is 35.5. The van der Waals surface area contributed by atoms with Crippen molar-refractivity contribution in [1.29, 1.82) is 0 Å². The Hall–Kier alpha value is -0.600. The molecule has 2 rings (SSSR count). The van der Waals surface area contributed by atoms with Crippen molar-refractivity contribution >= 4 is 11.6 Å². The summed E-state index contributed by atoms with van der Waals surface area (Å²) in [6.07, 6.45) is 4.41. The van der Waals surface area contributed by atoms with Gasteiger partial charge >= 0.3 is 0 Å². The van der Waals surface area contributed by atoms with Crippen LogP contribution in [0.4, 0.5) is 4.39 Å². The van der Waals surface area contributed by atoms with E-state index >= 15 is 0 Å². The van der Waals surface area contributed by atoms with E-state index in [0.717, 1.165) is 24.9 Å². The van der Waals surface area contributed by atoms with Crippen molar-refractivity contribution in [2.75, 3.05) is 6.54 Å². The smallest absolute Gasteiger partial charge is 0.127 e. The first-order valence-corrected chi connectivity index (χ1v) is 6.74. The summed E-state index contributed by atoms with van der Waals surface area (Å²) in [5.41, 5.74) is 0.802. The average Bonchev–Trinajstić information content (AvgIpc) is 2.71. The third-order valence-electron chi connectivity index (χ3n) is 3.56. The zero-order chi connectivity index (χ0) is 12.3. The standard InChI is InChI=1S/C14H19ClFN/c1-2-17-13-6-3-10(8-13)7-11-4-5-12(15)9-14(11)16/h4-5,9-10,13,17H,2-3,6-8H2,1H3. The normalized spacial score (nSPS) is 24.2. The van der Waals surface area contributed by atoms with Crippen LogP contribution in [-0.4, -0.2) is 12.6 Å². The van der Waals surface area contributed by atoms with E-state index in [4.69, 9.17) is 11.6 Å². The Labute approximate surface area is 107 Å². The monoisotopic (exact) mass is 255 g/mol. The van der Waals surface area contributed by atoms with Gasteiger partial charge in [0.15, 0.2) is 0 Å². The van der Waals surface area contributed by atoms with Crippen LogP contribution in [0.25, 0.3) is 0 Å². The van der Waals surface area contributed by atoms with Crippen LogP contribution in [0.1, 0.15) is 31.7 Å². The summed E-state index contributed by atoms with van der Waals surface area (Å²) in [4.78, 5) is 0. The molecule has 1 saturated carbocycles. The topological polar surface area (TPSA) is 12.0 Å². The molecule has 1 N–H and O–H groups in total. The zero-order valence-electron chi connectivity index (χ0n) is 10.2. The molecule has 94 valence electrons. The summed E-state index contributed by atoms with van der Waals surface area (Å²) in [6, 6.07) is 5.63. The maximum Gasteiger partial charge on any atom is 0.127 e. The molecule has 1 aromatic carbocycles. The summed E-state index contributed by atoms with van der Waals surface area (Å²) in [5, 5.41) is 3.94. The van der Waals surface area contributed by atoms with E-state index in [0.29, 0.717) is 17.0 Å². The Morgan fingerprint density at radius 2 is 2.24 bits per heavy atom. The lowest BCUT2D eigenvalue weighted by Crippen LogP contribution is -2.25. The maximum atomic E-state index is 13.6. The van der Waals surface area contributed by atoms with Crippen LogP contribution < -0.4 is 5.32 Å².